The van der Waals surface area contributed by atoms with Crippen molar-refractivity contribution < 1.29 is 0 Å². The van der Waals surface area contributed by atoms with Crippen LogP contribution in [0.1, 0.15) is 22.5 Å². The van der Waals surface area contributed by atoms with Crippen LogP contribution < -0.4 is 0 Å². The summed E-state index contributed by atoms with van der Waals surface area (Å²) >= 11 is 0. The van der Waals surface area contributed by atoms with Gasteiger partial charge in [-0.2, -0.15) is 10.5 Å². The molecule has 0 amide bonds. The van der Waals surface area contributed by atoms with Gasteiger partial charge in [-0.3, -0.25) is 0 Å². The van der Waals surface area contributed by atoms with Crippen molar-refractivity contribution in [1.82, 2.24) is 9.55 Å². The molecule has 0 radical (unpaired) electrons. The molecule has 0 aliphatic heterocycles. The van der Waals surface area contributed by atoms with Gasteiger partial charge in [-0.05, 0) is 11.1 Å². The number of nitrogens with zero attached hydrogens (tertiary/aromatic N) is 4. The van der Waals surface area contributed by atoms with Crippen molar-refractivity contribution in [3.05, 3.63) is 77.1 Å². The van der Waals surface area contributed by atoms with E-state index in [0.29, 0.717) is 5.82 Å². The van der Waals surface area contributed by atoms with E-state index in [0.717, 1.165) is 16.7 Å². The van der Waals surface area contributed by atoms with Crippen LogP contribution in [-0.4, -0.2) is 9.55 Å². The summed E-state index contributed by atoms with van der Waals surface area (Å²) in [5.74, 6) is 0.613. The summed E-state index contributed by atoms with van der Waals surface area (Å²) in [6, 6.07) is 21.9. The van der Waals surface area contributed by atoms with E-state index in [9.17, 15) is 0 Å². The van der Waals surface area contributed by atoms with Gasteiger partial charge in [-0.15, -0.1) is 0 Å². The Hall–Kier alpha value is -3.63. The fraction of sp³-hybridized carbons (Fsp3) is 0.0500. The first kappa shape index (κ1) is 15.3. The lowest BCUT2D eigenvalue weighted by molar-refractivity contribution is 0.907. The first-order chi connectivity index (χ1) is 11.7. The highest BCUT2D eigenvalue weighted by Crippen LogP contribution is 2.22. The standard InChI is InChI=1S/C20H14N4/c1-24-19(14-22)18(13-21)23-20(24)17-11-9-16(10-12-17)8-7-15-5-3-2-4-6-15/h2-12H,1H3/b8-7+. The Morgan fingerprint density at radius 3 is 2.04 bits per heavy atom. The first-order valence-corrected chi connectivity index (χ1v) is 7.43. The molecule has 24 heavy (non-hydrogen) atoms. The molecule has 1 heterocycles. The van der Waals surface area contributed by atoms with Crippen molar-refractivity contribution in [2.24, 2.45) is 7.05 Å². The van der Waals surface area contributed by atoms with Crippen LogP contribution in [0.15, 0.2) is 54.6 Å². The first-order valence-electron chi connectivity index (χ1n) is 7.43. The van der Waals surface area contributed by atoms with Crippen LogP contribution in [0.5, 0.6) is 0 Å². The van der Waals surface area contributed by atoms with Crippen LogP contribution in [0.3, 0.4) is 0 Å². The monoisotopic (exact) mass is 310 g/mol. The number of nitriles is 2. The van der Waals surface area contributed by atoms with E-state index in [1.165, 1.54) is 0 Å². The van der Waals surface area contributed by atoms with Crippen molar-refractivity contribution in [1.29, 1.82) is 10.5 Å². The minimum atomic E-state index is 0.156. The van der Waals surface area contributed by atoms with Gasteiger partial charge in [0.1, 0.15) is 18.0 Å². The molecule has 0 spiro atoms. The predicted octanol–water partition coefficient (Wildman–Crippen LogP) is 4.00. The molecule has 0 atom stereocenters. The highest BCUT2D eigenvalue weighted by molar-refractivity contribution is 5.71. The van der Waals surface area contributed by atoms with Crippen molar-refractivity contribution in [2.45, 2.75) is 0 Å². The fourth-order valence-electron chi connectivity index (χ4n) is 2.46. The van der Waals surface area contributed by atoms with Crippen molar-refractivity contribution in [3.8, 4) is 23.5 Å². The molecule has 0 aliphatic carbocycles. The lowest BCUT2D eigenvalue weighted by atomic mass is 10.1. The Balaban J connectivity index is 1.88. The number of rotatable bonds is 3. The van der Waals surface area contributed by atoms with E-state index in [1.807, 2.05) is 72.8 Å². The van der Waals surface area contributed by atoms with Gasteiger partial charge >= 0.3 is 0 Å². The molecular weight excluding hydrogens is 296 g/mol. The van der Waals surface area contributed by atoms with E-state index in [2.05, 4.69) is 11.1 Å². The van der Waals surface area contributed by atoms with E-state index in [1.54, 1.807) is 11.6 Å². The van der Waals surface area contributed by atoms with Crippen LogP contribution in [0.4, 0.5) is 0 Å². The molecule has 3 rings (SSSR count). The average Bonchev–Trinajstić information content (AvgIpc) is 2.97. The molecule has 114 valence electrons. The molecule has 0 unspecified atom stereocenters. The fourth-order valence-corrected chi connectivity index (χ4v) is 2.46. The summed E-state index contributed by atoms with van der Waals surface area (Å²) < 4.78 is 1.65. The van der Waals surface area contributed by atoms with E-state index < -0.39 is 0 Å². The summed E-state index contributed by atoms with van der Waals surface area (Å²) in [5, 5.41) is 18.2. The van der Waals surface area contributed by atoms with Crippen molar-refractivity contribution in [2.75, 3.05) is 0 Å². The zero-order valence-electron chi connectivity index (χ0n) is 13.1. The Morgan fingerprint density at radius 2 is 1.50 bits per heavy atom. The van der Waals surface area contributed by atoms with Crippen LogP contribution in [0, 0.1) is 22.7 Å². The third-order valence-electron chi connectivity index (χ3n) is 3.74. The third-order valence-corrected chi connectivity index (χ3v) is 3.74. The number of aromatic nitrogens is 2. The van der Waals surface area contributed by atoms with Crippen LogP contribution >= 0.6 is 0 Å². The van der Waals surface area contributed by atoms with Gasteiger partial charge < -0.3 is 4.57 Å². The normalized spacial score (nSPS) is 10.5. The zero-order chi connectivity index (χ0) is 16.9. The maximum atomic E-state index is 9.14. The van der Waals surface area contributed by atoms with Crippen LogP contribution in [0.25, 0.3) is 23.5 Å². The van der Waals surface area contributed by atoms with Gasteiger partial charge in [0.05, 0.1) is 0 Å². The molecule has 4 heteroatoms. The zero-order valence-corrected chi connectivity index (χ0v) is 13.1. The molecule has 0 saturated carbocycles. The smallest absolute Gasteiger partial charge is 0.177 e. The molecule has 0 fully saturated rings. The quantitative estimate of drug-likeness (QED) is 0.687. The summed E-state index contributed by atoms with van der Waals surface area (Å²) in [7, 11) is 1.74. The molecule has 0 bridgehead atoms. The number of hydrogen-bond acceptors (Lipinski definition) is 3. The second-order valence-corrected chi connectivity index (χ2v) is 5.28. The maximum absolute atomic E-state index is 9.14. The number of hydrogen-bond donors (Lipinski definition) is 0. The topological polar surface area (TPSA) is 65.4 Å². The second kappa shape index (κ2) is 6.64. The Kier molecular flexibility index (Phi) is 4.23. The molecule has 1 aromatic heterocycles. The summed E-state index contributed by atoms with van der Waals surface area (Å²) in [6.45, 7) is 0. The lowest BCUT2D eigenvalue weighted by Gasteiger charge is -2.03. The van der Waals surface area contributed by atoms with Gasteiger partial charge in [-0.25, -0.2) is 4.98 Å². The van der Waals surface area contributed by atoms with E-state index in [-0.39, 0.29) is 11.4 Å². The SMILES string of the molecule is Cn1c(-c2ccc(/C=C/c3ccccc3)cc2)nc(C#N)c1C#N. The van der Waals surface area contributed by atoms with Gasteiger partial charge in [0.15, 0.2) is 11.4 Å². The maximum Gasteiger partial charge on any atom is 0.177 e. The third kappa shape index (κ3) is 2.95. The van der Waals surface area contributed by atoms with Crippen LogP contribution in [-0.2, 0) is 7.05 Å². The molecule has 0 aliphatic rings. The van der Waals surface area contributed by atoms with E-state index >= 15 is 0 Å². The van der Waals surface area contributed by atoms with E-state index in [4.69, 9.17) is 10.5 Å². The van der Waals surface area contributed by atoms with Crippen LogP contribution in [0.2, 0.25) is 0 Å². The molecule has 2 aromatic carbocycles. The van der Waals surface area contributed by atoms with Gasteiger partial charge in [-0.1, -0.05) is 66.7 Å². The summed E-state index contributed by atoms with van der Waals surface area (Å²) in [4.78, 5) is 4.25. The van der Waals surface area contributed by atoms with Crippen molar-refractivity contribution >= 4 is 12.2 Å². The number of benzene rings is 2. The molecule has 0 N–H and O–H groups in total. The highest BCUT2D eigenvalue weighted by atomic mass is 15.1. The Bertz CT molecular complexity index is 965. The number of imidazole rings is 1. The molecule has 0 saturated heterocycles. The summed E-state index contributed by atoms with van der Waals surface area (Å²) in [6.07, 6.45) is 4.09. The molecule has 3 aromatic rings. The minimum Gasteiger partial charge on any atom is -0.318 e. The second-order valence-electron chi connectivity index (χ2n) is 5.28. The summed E-state index contributed by atoms with van der Waals surface area (Å²) in [5.41, 5.74) is 3.51. The molecule has 4 nitrogen and oxygen atoms in total. The Morgan fingerprint density at radius 1 is 0.875 bits per heavy atom. The van der Waals surface area contributed by atoms with Gasteiger partial charge in [0, 0.05) is 12.6 Å². The van der Waals surface area contributed by atoms with Gasteiger partial charge in [0.2, 0.25) is 0 Å². The average molecular weight is 310 g/mol. The predicted molar refractivity (Wildman–Crippen MR) is 93.4 cm³/mol. The highest BCUT2D eigenvalue weighted by Gasteiger charge is 2.15. The van der Waals surface area contributed by atoms with Gasteiger partial charge in [0.25, 0.3) is 0 Å². The minimum absolute atomic E-state index is 0.156. The Labute approximate surface area is 140 Å². The largest absolute Gasteiger partial charge is 0.318 e. The lowest BCUT2D eigenvalue weighted by Crippen LogP contribution is -1.95. The van der Waals surface area contributed by atoms with Crippen molar-refractivity contribution in [3.63, 3.8) is 0 Å². The molecular formula is C20H14N4.